The number of pyridine rings is 1. The quantitative estimate of drug-likeness (QED) is 0.656. The van der Waals surface area contributed by atoms with Crippen LogP contribution in [0.1, 0.15) is 29.3 Å². The van der Waals surface area contributed by atoms with Crippen LogP contribution in [0.25, 0.3) is 0 Å². The molecule has 3 rings (SSSR count). The van der Waals surface area contributed by atoms with E-state index in [1.165, 1.54) is 5.56 Å². The molecule has 1 saturated heterocycles. The summed E-state index contributed by atoms with van der Waals surface area (Å²) in [5.41, 5.74) is 1.94. The molecule has 0 unspecified atom stereocenters. The summed E-state index contributed by atoms with van der Waals surface area (Å²) in [4.78, 5) is 20.8. The highest BCUT2D eigenvalue weighted by atomic mass is 16.5. The number of carbonyl (C=O) groups is 1. The summed E-state index contributed by atoms with van der Waals surface area (Å²) in [7, 11) is 2.00. The van der Waals surface area contributed by atoms with Crippen LogP contribution in [0.3, 0.4) is 0 Å². The molecule has 28 heavy (non-hydrogen) atoms. The number of rotatable bonds is 8. The average molecular weight is 383 g/mol. The molecule has 0 spiro atoms. The van der Waals surface area contributed by atoms with Crippen molar-refractivity contribution in [2.24, 2.45) is 0 Å². The van der Waals surface area contributed by atoms with Crippen molar-refractivity contribution in [3.05, 3.63) is 53.7 Å². The Labute approximate surface area is 167 Å². The summed E-state index contributed by atoms with van der Waals surface area (Å²) in [6, 6.07) is 12.0. The molecule has 0 saturated carbocycles. The number of aryl methyl sites for hydroxylation is 1. The van der Waals surface area contributed by atoms with E-state index in [1.807, 2.05) is 36.2 Å². The van der Waals surface area contributed by atoms with E-state index in [0.717, 1.165) is 31.0 Å². The fraction of sp³-hybridized carbons (Fsp3) is 0.455. The van der Waals surface area contributed by atoms with Crippen molar-refractivity contribution in [1.29, 1.82) is 0 Å². The second-order valence-corrected chi connectivity index (χ2v) is 6.93. The standard InChI is InChI=1S/C22H29N3O3/c1-3-18-5-8-20(9-6-18)28-14-4-11-24(2)21-10-7-19(17-23-21)22(26)25-12-15-27-16-13-25/h5-10,17H,3-4,11-16H2,1-2H3. The summed E-state index contributed by atoms with van der Waals surface area (Å²) in [6.45, 7) is 6.12. The summed E-state index contributed by atoms with van der Waals surface area (Å²) in [5.74, 6) is 1.78. The highest BCUT2D eigenvalue weighted by molar-refractivity contribution is 5.94. The predicted molar refractivity (Wildman–Crippen MR) is 110 cm³/mol. The van der Waals surface area contributed by atoms with E-state index in [2.05, 4.69) is 28.9 Å². The first kappa shape index (κ1) is 20.1. The molecular formula is C22H29N3O3. The number of anilines is 1. The van der Waals surface area contributed by atoms with Crippen LogP contribution in [0.4, 0.5) is 5.82 Å². The Hall–Kier alpha value is -2.60. The van der Waals surface area contributed by atoms with E-state index in [1.54, 1.807) is 6.20 Å². The van der Waals surface area contributed by atoms with Gasteiger partial charge >= 0.3 is 0 Å². The first-order valence-corrected chi connectivity index (χ1v) is 9.93. The molecule has 1 fully saturated rings. The van der Waals surface area contributed by atoms with Gasteiger partial charge in [0, 0.05) is 32.9 Å². The zero-order valence-electron chi connectivity index (χ0n) is 16.8. The SMILES string of the molecule is CCc1ccc(OCCCN(C)c2ccc(C(=O)N3CCOCC3)cn2)cc1. The Kier molecular flexibility index (Phi) is 7.25. The number of amides is 1. The van der Waals surface area contributed by atoms with E-state index in [4.69, 9.17) is 9.47 Å². The van der Waals surface area contributed by atoms with Gasteiger partial charge in [-0.15, -0.1) is 0 Å². The highest BCUT2D eigenvalue weighted by Crippen LogP contribution is 2.14. The molecule has 0 N–H and O–H groups in total. The van der Waals surface area contributed by atoms with Gasteiger partial charge in [-0.25, -0.2) is 4.98 Å². The summed E-state index contributed by atoms with van der Waals surface area (Å²) in [5, 5.41) is 0. The van der Waals surface area contributed by atoms with E-state index in [9.17, 15) is 4.79 Å². The molecule has 1 aromatic carbocycles. The number of nitrogens with zero attached hydrogens (tertiary/aromatic N) is 3. The van der Waals surface area contributed by atoms with Gasteiger partial charge in [0.1, 0.15) is 11.6 Å². The lowest BCUT2D eigenvalue weighted by Crippen LogP contribution is -2.40. The van der Waals surface area contributed by atoms with E-state index in [-0.39, 0.29) is 5.91 Å². The zero-order chi connectivity index (χ0) is 19.8. The molecule has 0 atom stereocenters. The van der Waals surface area contributed by atoms with Crippen LogP contribution in [-0.4, -0.2) is 62.3 Å². The minimum absolute atomic E-state index is 0.0208. The predicted octanol–water partition coefficient (Wildman–Crippen LogP) is 3.02. The van der Waals surface area contributed by atoms with Gasteiger partial charge in [0.2, 0.25) is 0 Å². The highest BCUT2D eigenvalue weighted by Gasteiger charge is 2.18. The second-order valence-electron chi connectivity index (χ2n) is 6.93. The molecule has 0 aliphatic carbocycles. The molecule has 6 nitrogen and oxygen atoms in total. The van der Waals surface area contributed by atoms with Gasteiger partial charge in [0.25, 0.3) is 5.91 Å². The van der Waals surface area contributed by atoms with Crippen molar-refractivity contribution in [2.45, 2.75) is 19.8 Å². The number of benzene rings is 1. The van der Waals surface area contributed by atoms with Gasteiger partial charge < -0.3 is 19.3 Å². The van der Waals surface area contributed by atoms with E-state index >= 15 is 0 Å². The van der Waals surface area contributed by atoms with Crippen molar-refractivity contribution in [3.63, 3.8) is 0 Å². The molecule has 1 aromatic heterocycles. The van der Waals surface area contributed by atoms with Gasteiger partial charge in [-0.1, -0.05) is 19.1 Å². The molecule has 150 valence electrons. The normalized spacial score (nSPS) is 14.0. The average Bonchev–Trinajstić information content (AvgIpc) is 2.77. The van der Waals surface area contributed by atoms with Crippen LogP contribution in [0.2, 0.25) is 0 Å². The monoisotopic (exact) mass is 383 g/mol. The molecule has 1 aliphatic rings. The van der Waals surface area contributed by atoms with Gasteiger partial charge in [0.15, 0.2) is 0 Å². The maximum absolute atomic E-state index is 12.5. The number of morpholine rings is 1. The van der Waals surface area contributed by atoms with Crippen molar-refractivity contribution < 1.29 is 14.3 Å². The van der Waals surface area contributed by atoms with Crippen LogP contribution >= 0.6 is 0 Å². The number of ether oxygens (including phenoxy) is 2. The van der Waals surface area contributed by atoms with Gasteiger partial charge in [0.05, 0.1) is 25.4 Å². The number of aromatic nitrogens is 1. The molecule has 1 amide bonds. The molecule has 1 aliphatic heterocycles. The molecule has 2 heterocycles. The third-order valence-corrected chi connectivity index (χ3v) is 4.92. The lowest BCUT2D eigenvalue weighted by Gasteiger charge is -2.27. The smallest absolute Gasteiger partial charge is 0.255 e. The Morgan fingerprint density at radius 2 is 1.93 bits per heavy atom. The minimum Gasteiger partial charge on any atom is -0.494 e. The maximum Gasteiger partial charge on any atom is 0.255 e. The van der Waals surface area contributed by atoms with Crippen molar-refractivity contribution in [2.75, 3.05) is 51.4 Å². The largest absolute Gasteiger partial charge is 0.494 e. The lowest BCUT2D eigenvalue weighted by molar-refractivity contribution is 0.0302. The summed E-state index contributed by atoms with van der Waals surface area (Å²) >= 11 is 0. The fourth-order valence-electron chi connectivity index (χ4n) is 3.12. The molecule has 0 bridgehead atoms. The van der Waals surface area contributed by atoms with Crippen LogP contribution in [0, 0.1) is 0 Å². The summed E-state index contributed by atoms with van der Waals surface area (Å²) < 4.78 is 11.1. The molecule has 0 radical (unpaired) electrons. The molecule has 6 heteroatoms. The molecule has 2 aromatic rings. The number of carbonyl (C=O) groups excluding carboxylic acids is 1. The van der Waals surface area contributed by atoms with Gasteiger partial charge in [-0.2, -0.15) is 0 Å². The topological polar surface area (TPSA) is 54.9 Å². The lowest BCUT2D eigenvalue weighted by atomic mass is 10.2. The number of hydrogen-bond acceptors (Lipinski definition) is 5. The van der Waals surface area contributed by atoms with Crippen LogP contribution in [-0.2, 0) is 11.2 Å². The van der Waals surface area contributed by atoms with E-state index in [0.29, 0.717) is 38.5 Å². The van der Waals surface area contributed by atoms with Crippen LogP contribution in [0.5, 0.6) is 5.75 Å². The van der Waals surface area contributed by atoms with Crippen molar-refractivity contribution >= 4 is 11.7 Å². The van der Waals surface area contributed by atoms with Gasteiger partial charge in [-0.05, 0) is 42.7 Å². The third kappa shape index (κ3) is 5.45. The zero-order valence-corrected chi connectivity index (χ0v) is 16.8. The van der Waals surface area contributed by atoms with E-state index < -0.39 is 0 Å². The second kappa shape index (κ2) is 10.1. The first-order valence-electron chi connectivity index (χ1n) is 9.93. The Balaban J connectivity index is 1.43. The third-order valence-electron chi connectivity index (χ3n) is 4.92. The van der Waals surface area contributed by atoms with Crippen LogP contribution in [0.15, 0.2) is 42.6 Å². The summed E-state index contributed by atoms with van der Waals surface area (Å²) in [6.07, 6.45) is 3.59. The minimum atomic E-state index is 0.0208. The molecular weight excluding hydrogens is 354 g/mol. The Morgan fingerprint density at radius 1 is 1.18 bits per heavy atom. The fourth-order valence-corrected chi connectivity index (χ4v) is 3.12. The Morgan fingerprint density at radius 3 is 2.57 bits per heavy atom. The van der Waals surface area contributed by atoms with Crippen molar-refractivity contribution in [1.82, 2.24) is 9.88 Å². The first-order chi connectivity index (χ1) is 13.7. The van der Waals surface area contributed by atoms with Crippen LogP contribution < -0.4 is 9.64 Å². The maximum atomic E-state index is 12.5. The van der Waals surface area contributed by atoms with Gasteiger partial charge in [-0.3, -0.25) is 4.79 Å². The Bertz CT molecular complexity index is 741. The van der Waals surface area contributed by atoms with Crippen molar-refractivity contribution in [3.8, 4) is 5.75 Å². The number of hydrogen-bond donors (Lipinski definition) is 0.